The van der Waals surface area contributed by atoms with Gasteiger partial charge in [0.2, 0.25) is 5.91 Å². The quantitative estimate of drug-likeness (QED) is 0.755. The number of carbonyl (C=O) groups is 1. The predicted octanol–water partition coefficient (Wildman–Crippen LogP) is -0.0934. The van der Waals surface area contributed by atoms with Crippen molar-refractivity contribution in [1.82, 2.24) is 4.90 Å². The van der Waals surface area contributed by atoms with Crippen molar-refractivity contribution >= 4 is 27.5 Å². The Balaban J connectivity index is 1.75. The lowest BCUT2D eigenvalue weighted by molar-refractivity contribution is -0.134. The minimum absolute atomic E-state index is 0.0264. The monoisotopic (exact) mass is 337 g/mol. The fraction of sp³-hybridized carbons (Fsp3) is 0.923. The summed E-state index contributed by atoms with van der Waals surface area (Å²) in [6.45, 7) is 1.35. The van der Waals surface area contributed by atoms with Gasteiger partial charge in [-0.2, -0.15) is 0 Å². The SMILES string of the molecule is CN(CC1(O)CCOCC1)C(=O)CSC1CCS(=O)(=O)C1. The minimum Gasteiger partial charge on any atom is -0.388 e. The Labute approximate surface area is 130 Å². The first kappa shape index (κ1) is 17.1. The Morgan fingerprint density at radius 1 is 1.43 bits per heavy atom. The van der Waals surface area contributed by atoms with Crippen LogP contribution in [0.2, 0.25) is 0 Å². The molecule has 1 atom stereocenters. The number of amides is 1. The van der Waals surface area contributed by atoms with Gasteiger partial charge >= 0.3 is 0 Å². The molecular formula is C13H23NO5S2. The molecule has 2 heterocycles. The lowest BCUT2D eigenvalue weighted by Crippen LogP contribution is -2.47. The summed E-state index contributed by atoms with van der Waals surface area (Å²) >= 11 is 1.41. The van der Waals surface area contributed by atoms with Gasteiger partial charge in [0.25, 0.3) is 0 Å². The molecule has 1 unspecified atom stereocenters. The van der Waals surface area contributed by atoms with Crippen LogP contribution in [0.1, 0.15) is 19.3 Å². The van der Waals surface area contributed by atoms with Gasteiger partial charge in [-0.05, 0) is 6.42 Å². The van der Waals surface area contributed by atoms with Crippen LogP contribution in [0.4, 0.5) is 0 Å². The average Bonchev–Trinajstić information content (AvgIpc) is 2.76. The van der Waals surface area contributed by atoms with Crippen molar-refractivity contribution in [2.75, 3.05) is 44.1 Å². The normalized spacial score (nSPS) is 27.4. The maximum absolute atomic E-state index is 12.1. The fourth-order valence-corrected chi connectivity index (χ4v) is 6.21. The van der Waals surface area contributed by atoms with Crippen LogP contribution in [0.25, 0.3) is 0 Å². The first-order valence-corrected chi connectivity index (χ1v) is 10.0. The summed E-state index contributed by atoms with van der Waals surface area (Å²) in [4.78, 5) is 13.6. The van der Waals surface area contributed by atoms with Crippen molar-refractivity contribution in [3.63, 3.8) is 0 Å². The zero-order valence-electron chi connectivity index (χ0n) is 12.3. The van der Waals surface area contributed by atoms with E-state index in [0.717, 1.165) is 0 Å². The van der Waals surface area contributed by atoms with Gasteiger partial charge in [-0.3, -0.25) is 4.79 Å². The van der Waals surface area contributed by atoms with Crippen LogP contribution < -0.4 is 0 Å². The van der Waals surface area contributed by atoms with E-state index in [-0.39, 0.29) is 28.4 Å². The molecule has 2 aliphatic rings. The van der Waals surface area contributed by atoms with Crippen molar-refractivity contribution in [2.24, 2.45) is 0 Å². The van der Waals surface area contributed by atoms with E-state index < -0.39 is 15.4 Å². The second kappa shape index (κ2) is 6.85. The Morgan fingerprint density at radius 3 is 2.67 bits per heavy atom. The van der Waals surface area contributed by atoms with E-state index in [9.17, 15) is 18.3 Å². The summed E-state index contributed by atoms with van der Waals surface area (Å²) in [6.07, 6.45) is 1.71. The van der Waals surface area contributed by atoms with Crippen molar-refractivity contribution in [2.45, 2.75) is 30.1 Å². The van der Waals surface area contributed by atoms with Crippen LogP contribution in [-0.4, -0.2) is 79.2 Å². The van der Waals surface area contributed by atoms with Gasteiger partial charge in [-0.15, -0.1) is 11.8 Å². The number of carbonyl (C=O) groups excluding carboxylic acids is 1. The van der Waals surface area contributed by atoms with E-state index in [1.54, 1.807) is 11.9 Å². The van der Waals surface area contributed by atoms with Crippen LogP contribution in [0, 0.1) is 0 Å². The third kappa shape index (κ3) is 5.12. The highest BCUT2D eigenvalue weighted by Crippen LogP contribution is 2.25. The molecular weight excluding hydrogens is 314 g/mol. The molecule has 1 amide bonds. The van der Waals surface area contributed by atoms with E-state index in [4.69, 9.17) is 4.74 Å². The number of aliphatic hydroxyl groups is 1. The van der Waals surface area contributed by atoms with Crippen LogP contribution in [0.5, 0.6) is 0 Å². The second-order valence-corrected chi connectivity index (χ2v) is 9.44. The molecule has 0 saturated carbocycles. The summed E-state index contributed by atoms with van der Waals surface area (Å²) in [7, 11) is -1.21. The smallest absolute Gasteiger partial charge is 0.232 e. The molecule has 2 rings (SSSR count). The number of likely N-dealkylation sites (N-methyl/N-ethyl adjacent to an activating group) is 1. The lowest BCUT2D eigenvalue weighted by atomic mass is 9.94. The van der Waals surface area contributed by atoms with Gasteiger partial charge in [-0.1, -0.05) is 0 Å². The topological polar surface area (TPSA) is 83.9 Å². The van der Waals surface area contributed by atoms with Crippen LogP contribution in [0.3, 0.4) is 0 Å². The first-order valence-electron chi connectivity index (χ1n) is 7.16. The molecule has 21 heavy (non-hydrogen) atoms. The van der Waals surface area contributed by atoms with E-state index in [0.29, 0.717) is 39.0 Å². The molecule has 2 fully saturated rings. The molecule has 0 aliphatic carbocycles. The number of rotatable bonds is 5. The van der Waals surface area contributed by atoms with Crippen LogP contribution in [0.15, 0.2) is 0 Å². The Morgan fingerprint density at radius 2 is 2.10 bits per heavy atom. The number of hydrogen-bond acceptors (Lipinski definition) is 6. The van der Waals surface area contributed by atoms with E-state index >= 15 is 0 Å². The Bertz CT molecular complexity index is 473. The molecule has 8 heteroatoms. The summed E-state index contributed by atoms with van der Waals surface area (Å²) in [5, 5.41) is 10.4. The number of ether oxygens (including phenoxy) is 1. The highest BCUT2D eigenvalue weighted by atomic mass is 32.2. The maximum atomic E-state index is 12.1. The minimum atomic E-state index is -2.90. The molecule has 2 aliphatic heterocycles. The Hall–Kier alpha value is -0.310. The number of hydrogen-bond donors (Lipinski definition) is 1. The van der Waals surface area contributed by atoms with E-state index in [1.165, 1.54) is 11.8 Å². The third-order valence-corrected chi connectivity index (χ3v) is 7.28. The van der Waals surface area contributed by atoms with Crippen LogP contribution in [-0.2, 0) is 19.4 Å². The third-order valence-electron chi connectivity index (χ3n) is 4.01. The fourth-order valence-electron chi connectivity index (χ4n) is 2.63. The Kier molecular flexibility index (Phi) is 5.56. The largest absolute Gasteiger partial charge is 0.388 e. The summed E-state index contributed by atoms with van der Waals surface area (Å²) in [5.41, 5.74) is -0.857. The van der Waals surface area contributed by atoms with Crippen molar-refractivity contribution in [1.29, 1.82) is 0 Å². The molecule has 0 aromatic heterocycles. The molecule has 0 radical (unpaired) electrons. The van der Waals surface area contributed by atoms with E-state index in [2.05, 4.69) is 0 Å². The van der Waals surface area contributed by atoms with Gasteiger partial charge < -0.3 is 14.7 Å². The lowest BCUT2D eigenvalue weighted by Gasteiger charge is -2.35. The van der Waals surface area contributed by atoms with Gasteiger partial charge in [0, 0.05) is 44.9 Å². The predicted molar refractivity (Wildman–Crippen MR) is 82.2 cm³/mol. The number of nitrogens with zero attached hydrogens (tertiary/aromatic N) is 1. The van der Waals surface area contributed by atoms with Gasteiger partial charge in [0.1, 0.15) is 0 Å². The summed E-state index contributed by atoms with van der Waals surface area (Å²) < 4.78 is 28.0. The molecule has 0 spiro atoms. The number of sulfone groups is 1. The molecule has 2 saturated heterocycles. The number of thioether (sulfide) groups is 1. The molecule has 0 bridgehead atoms. The summed E-state index contributed by atoms with van der Waals surface area (Å²) in [6, 6.07) is 0. The molecule has 1 N–H and O–H groups in total. The molecule has 0 aromatic carbocycles. The summed E-state index contributed by atoms with van der Waals surface area (Å²) in [5.74, 6) is 0.609. The standard InChI is InChI=1S/C13H23NO5S2/c1-14(10-13(16)3-5-19-6-4-13)12(15)8-20-11-2-7-21(17,18)9-11/h11,16H,2-10H2,1H3. The van der Waals surface area contributed by atoms with Crippen molar-refractivity contribution < 1.29 is 23.1 Å². The molecule has 6 nitrogen and oxygen atoms in total. The zero-order chi connectivity index (χ0) is 15.5. The second-order valence-electron chi connectivity index (χ2n) is 5.92. The molecule has 122 valence electrons. The van der Waals surface area contributed by atoms with E-state index in [1.807, 2.05) is 0 Å². The van der Waals surface area contributed by atoms with Crippen molar-refractivity contribution in [3.05, 3.63) is 0 Å². The highest BCUT2D eigenvalue weighted by molar-refractivity contribution is 8.02. The zero-order valence-corrected chi connectivity index (χ0v) is 13.9. The van der Waals surface area contributed by atoms with Crippen molar-refractivity contribution in [3.8, 4) is 0 Å². The van der Waals surface area contributed by atoms with Crippen LogP contribution >= 0.6 is 11.8 Å². The van der Waals surface area contributed by atoms with Gasteiger partial charge in [0.05, 0.1) is 22.9 Å². The first-order chi connectivity index (χ1) is 9.80. The van der Waals surface area contributed by atoms with Gasteiger partial charge in [0.15, 0.2) is 9.84 Å². The average molecular weight is 337 g/mol. The highest BCUT2D eigenvalue weighted by Gasteiger charge is 2.33. The van der Waals surface area contributed by atoms with Gasteiger partial charge in [-0.25, -0.2) is 8.42 Å². The maximum Gasteiger partial charge on any atom is 0.232 e. The molecule has 0 aromatic rings.